The number of hydrogen-bond acceptors (Lipinski definition) is 3. The van der Waals surface area contributed by atoms with Gasteiger partial charge in [0.05, 0.1) is 0 Å². The molecule has 0 fully saturated rings. The predicted octanol–water partition coefficient (Wildman–Crippen LogP) is 5.41. The molecule has 0 saturated carbocycles. The van der Waals surface area contributed by atoms with Crippen LogP contribution in [0.1, 0.15) is 51.9 Å². The van der Waals surface area contributed by atoms with E-state index in [1.807, 2.05) is 12.2 Å². The molecule has 4 heteroatoms. The summed E-state index contributed by atoms with van der Waals surface area (Å²) in [5.74, 6) is 0. The molecule has 0 radical (unpaired) electrons. The van der Waals surface area contributed by atoms with Gasteiger partial charge in [-0.15, -0.1) is 0 Å². The first-order chi connectivity index (χ1) is 12.2. The molecule has 25 heavy (non-hydrogen) atoms. The highest BCUT2D eigenvalue weighted by Crippen LogP contribution is 2.07. The molecule has 0 heterocycles. The average molecular weight is 366 g/mol. The molecule has 0 spiro atoms. The van der Waals surface area contributed by atoms with Gasteiger partial charge in [-0.2, -0.15) is 0 Å². The van der Waals surface area contributed by atoms with E-state index < -0.39 is 11.1 Å². The first-order valence-electron chi connectivity index (χ1n) is 9.04. The molecular weight excluding hydrogens is 332 g/mol. The third kappa shape index (κ3) is 17.4. The smallest absolute Gasteiger partial charge is 0.0473 e. The van der Waals surface area contributed by atoms with Gasteiger partial charge in [-0.3, -0.25) is 4.21 Å². The first kappa shape index (κ1) is 23.8. The van der Waals surface area contributed by atoms with Gasteiger partial charge in [0.25, 0.3) is 0 Å². The summed E-state index contributed by atoms with van der Waals surface area (Å²) in [6.45, 7) is 2.62. The molecule has 0 amide bonds. The Bertz CT molecular complexity index is 462. The van der Waals surface area contributed by atoms with Crippen molar-refractivity contribution in [3.63, 3.8) is 0 Å². The fourth-order valence-corrected chi connectivity index (χ4v) is 2.60. The molecule has 2 unspecified atom stereocenters. The largest absolute Gasteiger partial charge is 0.772 e. The lowest BCUT2D eigenvalue weighted by molar-refractivity contribution is 0.193. The van der Waals surface area contributed by atoms with E-state index in [9.17, 15) is 8.76 Å². The molecule has 0 aromatic rings. The zero-order valence-electron chi connectivity index (χ0n) is 15.6. The van der Waals surface area contributed by atoms with Crippen molar-refractivity contribution in [3.05, 3.63) is 60.8 Å². The van der Waals surface area contributed by atoms with Crippen molar-refractivity contribution < 1.29 is 13.5 Å². The Morgan fingerprint density at radius 1 is 0.840 bits per heavy atom. The van der Waals surface area contributed by atoms with Gasteiger partial charge in [0.15, 0.2) is 0 Å². The van der Waals surface area contributed by atoms with Gasteiger partial charge < -0.3 is 9.29 Å². The van der Waals surface area contributed by atoms with Crippen molar-refractivity contribution in [2.45, 2.75) is 57.1 Å². The van der Waals surface area contributed by atoms with Crippen LogP contribution in [0.3, 0.4) is 0 Å². The quantitative estimate of drug-likeness (QED) is 0.288. The maximum atomic E-state index is 11.1. The molecule has 0 bridgehead atoms. The Morgan fingerprint density at radius 2 is 1.28 bits per heavy atom. The van der Waals surface area contributed by atoms with Crippen molar-refractivity contribution in [1.29, 1.82) is 0 Å². The van der Waals surface area contributed by atoms with E-state index in [4.69, 9.17) is 4.74 Å². The maximum Gasteiger partial charge on any atom is 0.0473 e. The summed E-state index contributed by atoms with van der Waals surface area (Å²) in [6.07, 6.45) is 27.2. The Kier molecular flexibility index (Phi) is 18.2. The SMILES string of the molecule is CC/C=C\C/C=C\C/C=C\C/C=C\C/C=C\CC(CCOC)S(=O)[O-]. The van der Waals surface area contributed by atoms with Crippen LogP contribution in [0.2, 0.25) is 0 Å². The van der Waals surface area contributed by atoms with Gasteiger partial charge in [-0.05, 0) is 44.9 Å². The van der Waals surface area contributed by atoms with Crippen LogP contribution >= 0.6 is 0 Å². The summed E-state index contributed by atoms with van der Waals surface area (Å²) >= 11 is -2.04. The van der Waals surface area contributed by atoms with Gasteiger partial charge in [0, 0.05) is 19.0 Å². The van der Waals surface area contributed by atoms with E-state index in [0.717, 1.165) is 32.1 Å². The molecule has 0 rings (SSSR count). The summed E-state index contributed by atoms with van der Waals surface area (Å²) in [4.78, 5) is 0. The molecule has 2 atom stereocenters. The van der Waals surface area contributed by atoms with Crippen LogP contribution in [0.5, 0.6) is 0 Å². The highest BCUT2D eigenvalue weighted by molar-refractivity contribution is 7.79. The number of hydrogen-bond donors (Lipinski definition) is 0. The zero-order chi connectivity index (χ0) is 18.6. The second kappa shape index (κ2) is 19.1. The fraction of sp³-hybridized carbons (Fsp3) is 0.524. The molecule has 0 aliphatic rings. The van der Waals surface area contributed by atoms with E-state index >= 15 is 0 Å². The summed E-state index contributed by atoms with van der Waals surface area (Å²) < 4.78 is 27.1. The molecule has 3 nitrogen and oxygen atoms in total. The topological polar surface area (TPSA) is 49.4 Å². The Labute approximate surface area is 156 Å². The second-order valence-corrected chi connectivity index (χ2v) is 6.80. The number of methoxy groups -OCH3 is 1. The van der Waals surface area contributed by atoms with Crippen molar-refractivity contribution >= 4 is 11.1 Å². The summed E-state index contributed by atoms with van der Waals surface area (Å²) in [5, 5.41) is -0.353. The lowest BCUT2D eigenvalue weighted by Gasteiger charge is -2.17. The molecule has 0 aliphatic heterocycles. The summed E-state index contributed by atoms with van der Waals surface area (Å²) in [6, 6.07) is 0. The van der Waals surface area contributed by atoms with Gasteiger partial charge in [-0.25, -0.2) is 0 Å². The highest BCUT2D eigenvalue weighted by Gasteiger charge is 2.06. The third-order valence-electron chi connectivity index (χ3n) is 3.47. The van der Waals surface area contributed by atoms with Crippen molar-refractivity contribution in [2.24, 2.45) is 0 Å². The minimum absolute atomic E-state index is 0.353. The van der Waals surface area contributed by atoms with Gasteiger partial charge in [0.1, 0.15) is 0 Å². The summed E-state index contributed by atoms with van der Waals surface area (Å²) in [5.41, 5.74) is 0. The van der Waals surface area contributed by atoms with Gasteiger partial charge in [0.2, 0.25) is 0 Å². The van der Waals surface area contributed by atoms with Crippen LogP contribution in [0, 0.1) is 0 Å². The molecular formula is C21H33O3S-. The van der Waals surface area contributed by atoms with Crippen molar-refractivity contribution in [3.8, 4) is 0 Å². The fourth-order valence-electron chi connectivity index (χ4n) is 2.04. The highest BCUT2D eigenvalue weighted by atomic mass is 32.2. The van der Waals surface area contributed by atoms with Gasteiger partial charge >= 0.3 is 0 Å². The molecule has 0 aromatic carbocycles. The normalized spacial score (nSPS) is 15.5. The molecule has 0 N–H and O–H groups in total. The monoisotopic (exact) mass is 365 g/mol. The molecule has 0 aliphatic carbocycles. The van der Waals surface area contributed by atoms with E-state index in [0.29, 0.717) is 19.4 Å². The standard InChI is InChI=1S/C21H34O3S/c1-3-4-5-6-7-8-9-10-11-12-13-14-15-16-17-18-21(25(22)23)19-20-24-2/h4-5,7-8,10-11,13-14,16-17,21H,3,6,9,12,15,18-20H2,1-2H3,(H,22,23)/p-1/b5-4-,8-7-,11-10-,14-13-,17-16-. The number of ether oxygens (including phenoxy) is 1. The Morgan fingerprint density at radius 3 is 1.68 bits per heavy atom. The van der Waals surface area contributed by atoms with Crippen LogP contribution in [-0.4, -0.2) is 27.7 Å². The van der Waals surface area contributed by atoms with Crippen LogP contribution in [0.4, 0.5) is 0 Å². The summed E-state index contributed by atoms with van der Waals surface area (Å²) in [7, 11) is 1.58. The molecule has 142 valence electrons. The van der Waals surface area contributed by atoms with Crippen molar-refractivity contribution in [2.75, 3.05) is 13.7 Å². The lowest BCUT2D eigenvalue weighted by Crippen LogP contribution is -2.16. The molecule has 0 aromatic heterocycles. The van der Waals surface area contributed by atoms with E-state index in [1.165, 1.54) is 0 Å². The van der Waals surface area contributed by atoms with Crippen LogP contribution < -0.4 is 0 Å². The lowest BCUT2D eigenvalue weighted by atomic mass is 10.2. The minimum Gasteiger partial charge on any atom is -0.772 e. The van der Waals surface area contributed by atoms with Gasteiger partial charge in [-0.1, -0.05) is 78.8 Å². The van der Waals surface area contributed by atoms with Crippen molar-refractivity contribution in [1.82, 2.24) is 0 Å². The van der Waals surface area contributed by atoms with E-state index in [2.05, 4.69) is 55.5 Å². The first-order valence-corrected chi connectivity index (χ1v) is 10.2. The minimum atomic E-state index is -2.04. The number of rotatable bonds is 15. The number of allylic oxidation sites excluding steroid dienone is 10. The molecule has 0 saturated heterocycles. The predicted molar refractivity (Wildman–Crippen MR) is 108 cm³/mol. The van der Waals surface area contributed by atoms with Crippen LogP contribution in [0.15, 0.2) is 60.8 Å². The Balaban J connectivity index is 3.75. The maximum absolute atomic E-state index is 11.1. The average Bonchev–Trinajstić information content (AvgIpc) is 2.60. The van der Waals surface area contributed by atoms with Crippen LogP contribution in [-0.2, 0) is 15.8 Å². The zero-order valence-corrected chi connectivity index (χ0v) is 16.5. The van der Waals surface area contributed by atoms with Crippen LogP contribution in [0.25, 0.3) is 0 Å². The third-order valence-corrected chi connectivity index (χ3v) is 4.45. The Hall–Kier alpha value is -1.23. The van der Waals surface area contributed by atoms with E-state index in [-0.39, 0.29) is 5.25 Å². The second-order valence-electron chi connectivity index (χ2n) is 5.61. The van der Waals surface area contributed by atoms with E-state index in [1.54, 1.807) is 7.11 Å².